The van der Waals surface area contributed by atoms with Crippen LogP contribution in [0.2, 0.25) is 0 Å². The second-order valence-electron chi connectivity index (χ2n) is 12.0. The van der Waals surface area contributed by atoms with E-state index in [1.807, 2.05) is 19.1 Å². The summed E-state index contributed by atoms with van der Waals surface area (Å²) >= 11 is 2.68. The van der Waals surface area contributed by atoms with E-state index < -0.39 is 41.6 Å². The summed E-state index contributed by atoms with van der Waals surface area (Å²) in [5, 5.41) is 22.5. The van der Waals surface area contributed by atoms with Crippen molar-refractivity contribution in [3.8, 4) is 17.2 Å². The molecule has 8 atom stereocenters. The lowest BCUT2D eigenvalue weighted by atomic mass is 9.68. The van der Waals surface area contributed by atoms with Gasteiger partial charge < -0.3 is 30.0 Å². The van der Waals surface area contributed by atoms with Crippen LogP contribution < -0.4 is 19.7 Å². The van der Waals surface area contributed by atoms with E-state index in [9.17, 15) is 34.2 Å². The molecule has 46 heavy (non-hydrogen) atoms. The molecule has 3 fully saturated rings. The molecule has 1 saturated heterocycles. The van der Waals surface area contributed by atoms with Gasteiger partial charge in [-0.05, 0) is 80.0 Å². The van der Waals surface area contributed by atoms with Crippen molar-refractivity contribution in [3.05, 3.63) is 62.6 Å². The van der Waals surface area contributed by atoms with E-state index in [1.165, 1.54) is 19.1 Å². The van der Waals surface area contributed by atoms with Gasteiger partial charge in [0.15, 0.2) is 18.1 Å². The van der Waals surface area contributed by atoms with Crippen LogP contribution in [0.1, 0.15) is 36.6 Å². The third-order valence-electron chi connectivity index (χ3n) is 9.64. The fourth-order valence-electron chi connectivity index (χ4n) is 7.90. The largest absolute Gasteiger partial charge is 0.508 e. The van der Waals surface area contributed by atoms with Gasteiger partial charge in [0.1, 0.15) is 11.8 Å². The third-order valence-corrected chi connectivity index (χ3v) is 12.2. The molecule has 2 saturated carbocycles. The molecule has 7 unspecified atom stereocenters. The highest BCUT2D eigenvalue weighted by molar-refractivity contribution is 8.00. The Morgan fingerprint density at radius 1 is 1.04 bits per heavy atom. The number of imide groups is 1. The third kappa shape index (κ3) is 4.85. The first-order chi connectivity index (χ1) is 22.1. The van der Waals surface area contributed by atoms with E-state index in [0.29, 0.717) is 30.2 Å². The Bertz CT molecular complexity index is 1800. The Morgan fingerprint density at radius 2 is 1.76 bits per heavy atom. The monoisotopic (exact) mass is 665 g/mol. The number of aromatic hydroxyl groups is 1. The number of carboxylic acid groups (broad SMARTS) is 1. The molecule has 4 aliphatic rings. The summed E-state index contributed by atoms with van der Waals surface area (Å²) in [6.45, 7) is 3.24. The smallest absolute Gasteiger partial charge is 0.326 e. The van der Waals surface area contributed by atoms with Gasteiger partial charge in [0.05, 0.1) is 23.5 Å². The predicted octanol–water partition coefficient (Wildman–Crippen LogP) is 3.50. The summed E-state index contributed by atoms with van der Waals surface area (Å²) in [5.41, 5.74) is 1.36. The molecule has 3 aromatic rings. The number of likely N-dealkylation sites (tertiary alicyclic amines) is 1. The van der Waals surface area contributed by atoms with Crippen molar-refractivity contribution in [2.45, 2.75) is 42.5 Å². The molecular formula is C32H31N3O9S2. The molecule has 7 rings (SSSR count). The van der Waals surface area contributed by atoms with Crippen LogP contribution in [0, 0.1) is 29.6 Å². The van der Waals surface area contributed by atoms with Crippen LogP contribution >= 0.6 is 23.1 Å². The molecule has 2 bridgehead atoms. The lowest BCUT2D eigenvalue weighted by Gasteiger charge is -2.43. The van der Waals surface area contributed by atoms with Crippen molar-refractivity contribution in [1.82, 2.24) is 9.88 Å². The number of thioether (sulfide) groups is 1. The van der Waals surface area contributed by atoms with E-state index >= 15 is 0 Å². The number of aromatic nitrogens is 1. The quantitative estimate of drug-likeness (QED) is 0.196. The number of nitrogens with one attached hydrogen (secondary N) is 2. The number of aromatic amines is 1. The Balaban J connectivity index is 1.19. The fourth-order valence-corrected chi connectivity index (χ4v) is 10.8. The number of H-pyrrole nitrogens is 1. The number of fused-ring (bicyclic) bond motifs is 9. The zero-order valence-electron chi connectivity index (χ0n) is 24.8. The number of aliphatic carboxylic acids is 1. The Labute approximate surface area is 271 Å². The number of carboxylic acids is 1. The van der Waals surface area contributed by atoms with Crippen molar-refractivity contribution < 1.29 is 38.9 Å². The summed E-state index contributed by atoms with van der Waals surface area (Å²) < 4.78 is 11.8. The Kier molecular flexibility index (Phi) is 7.59. The average molecular weight is 666 g/mol. The van der Waals surface area contributed by atoms with Crippen LogP contribution in [0.4, 0.5) is 5.69 Å². The van der Waals surface area contributed by atoms with Crippen molar-refractivity contribution in [2.75, 3.05) is 18.5 Å². The maximum atomic E-state index is 13.6. The van der Waals surface area contributed by atoms with Gasteiger partial charge >= 0.3 is 10.8 Å². The SMILES string of the molecule is CCOc1cc([C@H]2c3sc(=O)[nH]c3SC3C4CC(C5C(=O)N(C(C)C(=O)O)C(=O)C45)C32)ccc1OCC(=O)Nc1ccc(O)cc1. The van der Waals surface area contributed by atoms with Crippen molar-refractivity contribution in [2.24, 2.45) is 29.6 Å². The number of carbonyl (C=O) groups excluding carboxylic acids is 3. The van der Waals surface area contributed by atoms with E-state index in [4.69, 9.17) is 9.47 Å². The van der Waals surface area contributed by atoms with Crippen LogP contribution in [0.25, 0.3) is 0 Å². The number of amides is 3. The lowest BCUT2D eigenvalue weighted by Crippen LogP contribution is -2.44. The first-order valence-electron chi connectivity index (χ1n) is 15.0. The summed E-state index contributed by atoms with van der Waals surface area (Å²) in [5.74, 6) is -3.40. The number of benzene rings is 2. The van der Waals surface area contributed by atoms with Crippen LogP contribution in [0.15, 0.2) is 52.3 Å². The number of hydrogen-bond donors (Lipinski definition) is 4. The van der Waals surface area contributed by atoms with Crippen molar-refractivity contribution in [1.29, 1.82) is 0 Å². The van der Waals surface area contributed by atoms with Gasteiger partial charge in [-0.1, -0.05) is 17.4 Å². The number of rotatable bonds is 9. The Hall–Kier alpha value is -4.30. The van der Waals surface area contributed by atoms with E-state index in [0.717, 1.165) is 31.7 Å². The predicted molar refractivity (Wildman–Crippen MR) is 167 cm³/mol. The minimum Gasteiger partial charge on any atom is -0.508 e. The van der Waals surface area contributed by atoms with E-state index in [1.54, 1.807) is 30.0 Å². The number of nitrogens with zero attached hydrogens (tertiary/aromatic N) is 1. The van der Waals surface area contributed by atoms with Gasteiger partial charge in [0, 0.05) is 21.7 Å². The molecule has 4 N–H and O–H groups in total. The molecule has 14 heteroatoms. The van der Waals surface area contributed by atoms with E-state index in [-0.39, 0.29) is 46.2 Å². The molecule has 0 radical (unpaired) electrons. The number of anilines is 1. The highest BCUT2D eigenvalue weighted by Crippen LogP contribution is 2.68. The average Bonchev–Trinajstić information content (AvgIpc) is 3.76. The van der Waals surface area contributed by atoms with E-state index in [2.05, 4.69) is 10.3 Å². The topological polar surface area (TPSA) is 175 Å². The second-order valence-corrected chi connectivity index (χ2v) is 14.2. The number of hydrogen-bond acceptors (Lipinski definition) is 10. The van der Waals surface area contributed by atoms with Crippen LogP contribution in [-0.4, -0.2) is 68.3 Å². The van der Waals surface area contributed by atoms with Crippen LogP contribution in [0.5, 0.6) is 17.2 Å². The Morgan fingerprint density at radius 3 is 2.46 bits per heavy atom. The van der Waals surface area contributed by atoms with Gasteiger partial charge in [-0.2, -0.15) is 0 Å². The standard InChI is InChI=1S/C32H31N3O9S2/c1-3-43-20-10-14(4-9-19(20)44-12-21(37)33-15-5-7-16(36)8-6-15)22-23-17-11-18(26(23)45-28-27(22)46-32(42)34-28)25-24(17)29(38)35(30(25)39)13(2)31(40)41/h4-10,13,17-18,22-26,36H,3,11-12H2,1-2H3,(H,33,37)(H,34,42)(H,40,41)/t13?,17?,18?,22-,23?,24?,25?,26?/m1/s1. The first kappa shape index (κ1) is 30.4. The molecule has 12 nitrogen and oxygen atoms in total. The highest BCUT2D eigenvalue weighted by Gasteiger charge is 2.70. The van der Waals surface area contributed by atoms with Crippen LogP contribution in [0.3, 0.4) is 0 Å². The van der Waals surface area contributed by atoms with Gasteiger partial charge in [-0.15, -0.1) is 11.8 Å². The molecule has 3 amide bonds. The summed E-state index contributed by atoms with van der Waals surface area (Å²) in [4.78, 5) is 68.7. The minimum absolute atomic E-state index is 0.0547. The zero-order valence-corrected chi connectivity index (χ0v) is 26.4. The van der Waals surface area contributed by atoms with Gasteiger partial charge in [-0.3, -0.25) is 24.1 Å². The van der Waals surface area contributed by atoms with Gasteiger partial charge in [0.25, 0.3) is 5.91 Å². The molecule has 2 aliphatic heterocycles. The molecular weight excluding hydrogens is 634 g/mol. The van der Waals surface area contributed by atoms with Crippen LogP contribution in [-0.2, 0) is 19.2 Å². The summed E-state index contributed by atoms with van der Waals surface area (Å²) in [6.07, 6.45) is 0.676. The maximum Gasteiger partial charge on any atom is 0.326 e. The van der Waals surface area contributed by atoms with Crippen molar-refractivity contribution >= 4 is 52.5 Å². The maximum absolute atomic E-state index is 13.6. The lowest BCUT2D eigenvalue weighted by molar-refractivity contribution is -0.154. The molecule has 0 spiro atoms. The molecule has 1 aromatic heterocycles. The minimum atomic E-state index is -1.24. The van der Waals surface area contributed by atoms with Gasteiger partial charge in [0.2, 0.25) is 11.8 Å². The number of thiazole rings is 1. The number of phenolic OH excluding ortho intramolecular Hbond substituents is 1. The van der Waals surface area contributed by atoms with Gasteiger partial charge in [-0.25, -0.2) is 4.79 Å². The summed E-state index contributed by atoms with van der Waals surface area (Å²) in [7, 11) is 0. The first-order valence-corrected chi connectivity index (χ1v) is 16.7. The molecule has 2 aliphatic carbocycles. The number of phenols is 1. The normalized spacial score (nSPS) is 28.0. The number of ether oxygens (including phenoxy) is 2. The second kappa shape index (κ2) is 11.5. The summed E-state index contributed by atoms with van der Waals surface area (Å²) in [6, 6.07) is 10.3. The fraction of sp³-hybridized carbons (Fsp3) is 0.406. The number of carbonyl (C=O) groups is 4. The molecule has 3 heterocycles. The van der Waals surface area contributed by atoms with Crippen molar-refractivity contribution in [3.63, 3.8) is 0 Å². The molecule has 240 valence electrons. The highest BCUT2D eigenvalue weighted by atomic mass is 32.2. The zero-order chi connectivity index (χ0) is 32.4. The molecule has 2 aromatic carbocycles.